The largest absolute Gasteiger partial charge is 0.441 e. The molecule has 0 radical (unpaired) electrons. The molecule has 0 saturated heterocycles. The maximum Gasteiger partial charge on any atom is 0.416 e. The van der Waals surface area contributed by atoms with Gasteiger partial charge in [-0.05, 0) is 93.9 Å². The summed E-state index contributed by atoms with van der Waals surface area (Å²) >= 11 is 0. The summed E-state index contributed by atoms with van der Waals surface area (Å²) in [5, 5.41) is 0. The SMILES string of the molecule is CCCc1ncc(-c2cccc(N(CC34CCC(c5cc(C(F)(F)F)ccn5)(CC3)CC4)C(=O)C34CC(F)(C3)C4)c2)o1. The molecular weight excluding hydrogens is 546 g/mol. The van der Waals surface area contributed by atoms with E-state index in [0.717, 1.165) is 68.7 Å². The lowest BCUT2D eigenvalue weighted by Gasteiger charge is -2.65. The molecule has 3 aromatic rings. The van der Waals surface area contributed by atoms with E-state index in [1.807, 2.05) is 29.2 Å². The predicted molar refractivity (Wildman–Crippen MR) is 149 cm³/mol. The lowest BCUT2D eigenvalue weighted by atomic mass is 9.41. The van der Waals surface area contributed by atoms with Crippen LogP contribution in [0.3, 0.4) is 0 Å². The summed E-state index contributed by atoms with van der Waals surface area (Å²) in [5.74, 6) is 1.31. The highest BCUT2D eigenvalue weighted by Gasteiger charge is 2.73. The summed E-state index contributed by atoms with van der Waals surface area (Å²) in [6.07, 6.45) is 5.74. The monoisotopic (exact) mass is 581 g/mol. The first-order chi connectivity index (χ1) is 20.0. The fraction of sp³-hybridized carbons (Fsp3) is 0.545. The number of carbonyl (C=O) groups excluding carboxylic acids is 1. The van der Waals surface area contributed by atoms with Crippen LogP contribution in [-0.2, 0) is 22.8 Å². The molecule has 0 spiro atoms. The number of alkyl halides is 4. The van der Waals surface area contributed by atoms with Crippen molar-refractivity contribution in [3.8, 4) is 11.3 Å². The molecule has 6 aliphatic rings. The number of pyridine rings is 1. The van der Waals surface area contributed by atoms with Crippen molar-refractivity contribution in [1.82, 2.24) is 9.97 Å². The van der Waals surface area contributed by atoms with Gasteiger partial charge in [0.25, 0.3) is 0 Å². The molecule has 9 rings (SSSR count). The third kappa shape index (κ3) is 4.45. The number of hydrogen-bond acceptors (Lipinski definition) is 4. The van der Waals surface area contributed by atoms with Gasteiger partial charge in [0.05, 0.1) is 17.2 Å². The lowest BCUT2D eigenvalue weighted by Crippen LogP contribution is -2.71. The Morgan fingerprint density at radius 2 is 1.71 bits per heavy atom. The number of aromatic nitrogens is 2. The number of carbonyl (C=O) groups is 1. The van der Waals surface area contributed by atoms with Crippen molar-refractivity contribution in [2.45, 2.75) is 94.8 Å². The molecule has 42 heavy (non-hydrogen) atoms. The van der Waals surface area contributed by atoms with Gasteiger partial charge in [-0.25, -0.2) is 9.37 Å². The summed E-state index contributed by atoms with van der Waals surface area (Å²) < 4.78 is 60.8. The molecule has 2 heterocycles. The van der Waals surface area contributed by atoms with Crippen LogP contribution in [0.2, 0.25) is 0 Å². The van der Waals surface area contributed by atoms with E-state index in [0.29, 0.717) is 23.9 Å². The number of halogens is 4. The summed E-state index contributed by atoms with van der Waals surface area (Å²) in [6.45, 7) is 2.58. The van der Waals surface area contributed by atoms with E-state index in [9.17, 15) is 22.4 Å². The van der Waals surface area contributed by atoms with Gasteiger partial charge < -0.3 is 9.32 Å². The molecule has 1 aromatic carbocycles. The number of nitrogens with zero attached hydrogens (tertiary/aromatic N) is 3. The van der Waals surface area contributed by atoms with Gasteiger partial charge in [-0.15, -0.1) is 0 Å². The standard InChI is InChI=1S/C33H35F4N3O2/c1-2-4-27-39-17-25(42-27)22-5-3-6-24(15-22)40(28(41)31-18-32(34,19-31)20-31)21-29-8-11-30(12-9-29,13-10-29)26-16-23(7-14-38-26)33(35,36)37/h3,5-7,14-17H,2,4,8-13,18-21H2,1H3. The lowest BCUT2D eigenvalue weighted by molar-refractivity contribution is -0.211. The Kier molecular flexibility index (Phi) is 6.17. The summed E-state index contributed by atoms with van der Waals surface area (Å²) in [6, 6.07) is 10.0. The Labute approximate surface area is 242 Å². The molecule has 2 aromatic heterocycles. The van der Waals surface area contributed by atoms with E-state index in [-0.39, 0.29) is 36.0 Å². The molecule has 0 aliphatic heterocycles. The Hall–Kier alpha value is -3.23. The summed E-state index contributed by atoms with van der Waals surface area (Å²) in [5.41, 5.74) is -0.858. The summed E-state index contributed by atoms with van der Waals surface area (Å²) in [4.78, 5) is 24.8. The average Bonchev–Trinajstić information content (AvgIpc) is 3.43. The second-order valence-corrected chi connectivity index (χ2v) is 13.5. The van der Waals surface area contributed by atoms with Crippen LogP contribution in [0.5, 0.6) is 0 Å². The number of oxazole rings is 1. The van der Waals surface area contributed by atoms with Crippen molar-refractivity contribution in [1.29, 1.82) is 0 Å². The van der Waals surface area contributed by atoms with E-state index in [4.69, 9.17) is 4.42 Å². The molecule has 222 valence electrons. The van der Waals surface area contributed by atoms with Crippen LogP contribution in [0.25, 0.3) is 11.3 Å². The number of rotatable bonds is 8. The number of hydrogen-bond donors (Lipinski definition) is 0. The van der Waals surface area contributed by atoms with E-state index >= 15 is 0 Å². The van der Waals surface area contributed by atoms with Crippen LogP contribution in [0.15, 0.2) is 53.2 Å². The average molecular weight is 582 g/mol. The van der Waals surface area contributed by atoms with Gasteiger partial charge in [0.15, 0.2) is 11.7 Å². The molecule has 0 atom stereocenters. The quantitative estimate of drug-likeness (QED) is 0.252. The van der Waals surface area contributed by atoms with E-state index in [1.165, 1.54) is 12.3 Å². The fourth-order valence-corrected chi connectivity index (χ4v) is 8.17. The van der Waals surface area contributed by atoms with Gasteiger partial charge in [0.1, 0.15) is 5.67 Å². The van der Waals surface area contributed by atoms with Crippen molar-refractivity contribution in [2.75, 3.05) is 11.4 Å². The van der Waals surface area contributed by atoms with Gasteiger partial charge in [-0.3, -0.25) is 9.78 Å². The van der Waals surface area contributed by atoms with Gasteiger partial charge in [-0.1, -0.05) is 19.1 Å². The smallest absolute Gasteiger partial charge is 0.416 e. The van der Waals surface area contributed by atoms with E-state index in [1.54, 1.807) is 6.20 Å². The number of aryl methyl sites for hydroxylation is 1. The highest BCUT2D eigenvalue weighted by atomic mass is 19.4. The zero-order chi connectivity index (χ0) is 29.4. The zero-order valence-electron chi connectivity index (χ0n) is 23.8. The number of anilines is 1. The molecule has 6 aliphatic carbocycles. The van der Waals surface area contributed by atoms with Crippen LogP contribution in [0, 0.1) is 10.8 Å². The topological polar surface area (TPSA) is 59.2 Å². The van der Waals surface area contributed by atoms with Crippen molar-refractivity contribution in [3.05, 3.63) is 65.9 Å². The maximum absolute atomic E-state index is 14.5. The highest BCUT2D eigenvalue weighted by molar-refractivity contribution is 6.00. The molecule has 9 heteroatoms. The second kappa shape index (κ2) is 9.38. The van der Waals surface area contributed by atoms with Gasteiger partial charge >= 0.3 is 6.18 Å². The highest BCUT2D eigenvalue weighted by Crippen LogP contribution is 2.70. The minimum Gasteiger partial charge on any atom is -0.441 e. The molecule has 1 amide bonds. The third-order valence-corrected chi connectivity index (χ3v) is 10.7. The first-order valence-electron chi connectivity index (χ1n) is 15.1. The minimum atomic E-state index is -4.40. The van der Waals surface area contributed by atoms with Crippen LogP contribution in [0.1, 0.15) is 88.3 Å². The maximum atomic E-state index is 14.5. The Morgan fingerprint density at radius 3 is 2.36 bits per heavy atom. The molecule has 0 unspecified atom stereocenters. The Balaban J connectivity index is 1.16. The van der Waals surface area contributed by atoms with Crippen LogP contribution in [-0.4, -0.2) is 28.1 Å². The van der Waals surface area contributed by atoms with Crippen molar-refractivity contribution >= 4 is 11.6 Å². The molecule has 6 saturated carbocycles. The van der Waals surface area contributed by atoms with E-state index < -0.39 is 22.8 Å². The minimum absolute atomic E-state index is 0.0141. The molecule has 0 N–H and O–H groups in total. The second-order valence-electron chi connectivity index (χ2n) is 13.5. The third-order valence-electron chi connectivity index (χ3n) is 10.7. The van der Waals surface area contributed by atoms with Gasteiger partial charge in [-0.2, -0.15) is 13.2 Å². The van der Waals surface area contributed by atoms with Crippen molar-refractivity contribution in [2.24, 2.45) is 10.8 Å². The Bertz CT molecular complexity index is 1480. The van der Waals surface area contributed by atoms with Crippen LogP contribution in [0.4, 0.5) is 23.2 Å². The zero-order valence-corrected chi connectivity index (χ0v) is 23.8. The van der Waals surface area contributed by atoms with Crippen molar-refractivity contribution in [3.63, 3.8) is 0 Å². The Morgan fingerprint density at radius 1 is 1.00 bits per heavy atom. The summed E-state index contributed by atoms with van der Waals surface area (Å²) in [7, 11) is 0. The number of benzene rings is 1. The molecular formula is C33H35F4N3O2. The fourth-order valence-electron chi connectivity index (χ4n) is 8.17. The first kappa shape index (κ1) is 27.6. The first-order valence-corrected chi connectivity index (χ1v) is 15.1. The van der Waals surface area contributed by atoms with Crippen LogP contribution >= 0.6 is 0 Å². The number of fused-ring (bicyclic) bond motifs is 3. The van der Waals surface area contributed by atoms with Gasteiger partial charge in [0, 0.05) is 41.5 Å². The van der Waals surface area contributed by atoms with Crippen LogP contribution < -0.4 is 4.90 Å². The molecule has 4 bridgehead atoms. The predicted octanol–water partition coefficient (Wildman–Crippen LogP) is 8.23. The normalized spacial score (nSPS) is 31.4. The van der Waals surface area contributed by atoms with Crippen molar-refractivity contribution < 1.29 is 26.8 Å². The van der Waals surface area contributed by atoms with E-state index in [2.05, 4.69) is 16.9 Å². The number of amides is 1. The van der Waals surface area contributed by atoms with Gasteiger partial charge in [0.2, 0.25) is 5.91 Å². The molecule has 6 fully saturated rings. The molecule has 5 nitrogen and oxygen atoms in total.